The van der Waals surface area contributed by atoms with E-state index in [1.165, 1.54) is 0 Å². The Balaban J connectivity index is 0.000000225. The second-order valence-corrected chi connectivity index (χ2v) is 5.54. The van der Waals surface area contributed by atoms with E-state index in [9.17, 15) is 14.4 Å². The third kappa shape index (κ3) is 4.15. The lowest BCUT2D eigenvalue weighted by Crippen LogP contribution is -2.54. The first kappa shape index (κ1) is 18.3. The normalized spacial score (nSPS) is 29.9. The van der Waals surface area contributed by atoms with Gasteiger partial charge in [0, 0.05) is 31.1 Å². The second kappa shape index (κ2) is 7.52. The summed E-state index contributed by atoms with van der Waals surface area (Å²) in [6, 6.07) is 0.939. The van der Waals surface area contributed by atoms with Crippen molar-refractivity contribution in [2.75, 3.05) is 13.1 Å². The highest BCUT2D eigenvalue weighted by atomic mass is 16.4. The zero-order chi connectivity index (χ0) is 17.0. The van der Waals surface area contributed by atoms with Crippen LogP contribution in [0.25, 0.3) is 0 Å². The molecule has 9 nitrogen and oxygen atoms in total. The fraction of sp³-hybridized carbons (Fsp3) is 0.769. The van der Waals surface area contributed by atoms with Gasteiger partial charge in [-0.25, -0.2) is 9.59 Å². The molecule has 5 N–H and O–H groups in total. The van der Waals surface area contributed by atoms with Crippen molar-refractivity contribution >= 4 is 17.8 Å². The topological polar surface area (TPSA) is 147 Å². The Bertz CT molecular complexity index is 424. The van der Waals surface area contributed by atoms with Crippen molar-refractivity contribution < 1.29 is 34.8 Å². The molecule has 2 heterocycles. The van der Waals surface area contributed by atoms with Crippen LogP contribution in [0, 0.1) is 5.92 Å². The summed E-state index contributed by atoms with van der Waals surface area (Å²) in [5.74, 6) is -2.93. The molecule has 9 heteroatoms. The highest BCUT2D eigenvalue weighted by Crippen LogP contribution is 2.27. The molecule has 0 radical (unpaired) electrons. The molecule has 2 rings (SSSR count). The lowest BCUT2D eigenvalue weighted by molar-refractivity contribution is -0.165. The van der Waals surface area contributed by atoms with Crippen molar-refractivity contribution in [3.8, 4) is 0 Å². The summed E-state index contributed by atoms with van der Waals surface area (Å²) in [7, 11) is 0. The SMILES string of the molecule is CC1CC2C(C)NCCN2C1=O.O=C(O)C(O)C(O)C(=O)O. The number of piperazine rings is 1. The van der Waals surface area contributed by atoms with Crippen molar-refractivity contribution in [1.29, 1.82) is 0 Å². The Morgan fingerprint density at radius 2 is 1.68 bits per heavy atom. The first-order valence-corrected chi connectivity index (χ1v) is 7.02. The van der Waals surface area contributed by atoms with Gasteiger partial charge in [-0.1, -0.05) is 6.92 Å². The van der Waals surface area contributed by atoms with Gasteiger partial charge in [-0.2, -0.15) is 0 Å². The van der Waals surface area contributed by atoms with Gasteiger partial charge in [-0.15, -0.1) is 0 Å². The van der Waals surface area contributed by atoms with Crippen LogP contribution >= 0.6 is 0 Å². The molecule has 2 fully saturated rings. The second-order valence-electron chi connectivity index (χ2n) is 5.54. The molecule has 126 valence electrons. The van der Waals surface area contributed by atoms with Gasteiger partial charge in [0.15, 0.2) is 12.2 Å². The number of carbonyl (C=O) groups is 3. The molecule has 0 aliphatic carbocycles. The van der Waals surface area contributed by atoms with E-state index in [1.54, 1.807) is 0 Å². The summed E-state index contributed by atoms with van der Waals surface area (Å²) in [5, 5.41) is 35.9. The lowest BCUT2D eigenvalue weighted by atomic mass is 10.0. The number of hydrogen-bond donors (Lipinski definition) is 5. The van der Waals surface area contributed by atoms with Crippen LogP contribution in [0.4, 0.5) is 0 Å². The molecular weight excluding hydrogens is 296 g/mol. The van der Waals surface area contributed by atoms with Gasteiger partial charge in [0.2, 0.25) is 5.91 Å². The Kier molecular flexibility index (Phi) is 6.27. The van der Waals surface area contributed by atoms with Gasteiger partial charge in [-0.05, 0) is 13.3 Å². The van der Waals surface area contributed by atoms with E-state index >= 15 is 0 Å². The first-order chi connectivity index (χ1) is 10.2. The van der Waals surface area contributed by atoms with Gasteiger partial charge in [0.05, 0.1) is 0 Å². The van der Waals surface area contributed by atoms with E-state index in [0.717, 1.165) is 19.5 Å². The number of carbonyl (C=O) groups excluding carboxylic acids is 1. The van der Waals surface area contributed by atoms with Crippen LogP contribution in [-0.2, 0) is 14.4 Å². The van der Waals surface area contributed by atoms with E-state index in [1.807, 2.05) is 11.8 Å². The van der Waals surface area contributed by atoms with Crippen molar-refractivity contribution in [2.24, 2.45) is 5.92 Å². The van der Waals surface area contributed by atoms with Crippen molar-refractivity contribution in [1.82, 2.24) is 10.2 Å². The number of aliphatic hydroxyl groups excluding tert-OH is 2. The molecule has 2 saturated heterocycles. The third-order valence-corrected chi connectivity index (χ3v) is 3.90. The van der Waals surface area contributed by atoms with Crippen LogP contribution in [0.2, 0.25) is 0 Å². The molecule has 2 aliphatic heterocycles. The maximum absolute atomic E-state index is 11.6. The lowest BCUT2D eigenvalue weighted by Gasteiger charge is -2.35. The van der Waals surface area contributed by atoms with Crippen LogP contribution < -0.4 is 5.32 Å². The van der Waals surface area contributed by atoms with Gasteiger partial charge in [0.1, 0.15) is 0 Å². The molecule has 0 saturated carbocycles. The molecule has 0 bridgehead atoms. The summed E-state index contributed by atoms with van der Waals surface area (Å²) in [4.78, 5) is 33.2. The van der Waals surface area contributed by atoms with Crippen LogP contribution in [0.1, 0.15) is 20.3 Å². The van der Waals surface area contributed by atoms with Gasteiger partial charge < -0.3 is 30.6 Å². The number of aliphatic hydroxyl groups is 2. The number of rotatable bonds is 3. The molecular formula is C13H22N2O7. The molecule has 5 unspecified atom stereocenters. The summed E-state index contributed by atoms with van der Waals surface area (Å²) in [6.45, 7) is 6.06. The average molecular weight is 318 g/mol. The summed E-state index contributed by atoms with van der Waals surface area (Å²) in [5.41, 5.74) is 0. The minimum atomic E-state index is -2.27. The zero-order valence-corrected chi connectivity index (χ0v) is 12.5. The largest absolute Gasteiger partial charge is 0.479 e. The summed E-state index contributed by atoms with van der Waals surface area (Å²) >= 11 is 0. The maximum Gasteiger partial charge on any atom is 0.335 e. The summed E-state index contributed by atoms with van der Waals surface area (Å²) in [6.07, 6.45) is -3.50. The molecule has 0 aromatic heterocycles. The van der Waals surface area contributed by atoms with E-state index in [2.05, 4.69) is 12.2 Å². The standard InChI is InChI=1S/C9H16N2O.C4H6O6/c1-6-5-8-7(2)10-3-4-11(8)9(6)12;5-1(3(7)8)2(6)4(9)10/h6-8,10H,3-5H2,1-2H3;1-2,5-6H,(H,7,8)(H,9,10). The van der Waals surface area contributed by atoms with Crippen LogP contribution in [-0.4, -0.2) is 80.6 Å². The van der Waals surface area contributed by atoms with E-state index < -0.39 is 24.1 Å². The molecule has 0 aromatic rings. The predicted molar refractivity (Wildman–Crippen MR) is 74.0 cm³/mol. The molecule has 22 heavy (non-hydrogen) atoms. The smallest absolute Gasteiger partial charge is 0.335 e. The highest BCUT2D eigenvalue weighted by Gasteiger charge is 2.41. The fourth-order valence-electron chi connectivity index (χ4n) is 2.61. The number of amides is 1. The van der Waals surface area contributed by atoms with E-state index in [-0.39, 0.29) is 5.92 Å². The van der Waals surface area contributed by atoms with Gasteiger partial charge in [0.25, 0.3) is 0 Å². The highest BCUT2D eigenvalue weighted by molar-refractivity contribution is 5.83. The molecule has 5 atom stereocenters. The zero-order valence-electron chi connectivity index (χ0n) is 12.5. The van der Waals surface area contributed by atoms with E-state index in [4.69, 9.17) is 20.4 Å². The van der Waals surface area contributed by atoms with Gasteiger partial charge in [-0.3, -0.25) is 4.79 Å². The molecule has 1 amide bonds. The molecule has 0 aromatic carbocycles. The first-order valence-electron chi connectivity index (χ1n) is 7.02. The number of nitrogens with one attached hydrogen (secondary N) is 1. The summed E-state index contributed by atoms with van der Waals surface area (Å²) < 4.78 is 0. The number of fused-ring (bicyclic) bond motifs is 1. The van der Waals surface area contributed by atoms with E-state index in [0.29, 0.717) is 18.0 Å². The van der Waals surface area contributed by atoms with Gasteiger partial charge >= 0.3 is 11.9 Å². The minimum absolute atomic E-state index is 0.248. The number of nitrogens with zero attached hydrogens (tertiary/aromatic N) is 1. The number of aliphatic carboxylic acids is 2. The number of carboxylic acids is 2. The fourth-order valence-corrected chi connectivity index (χ4v) is 2.61. The van der Waals surface area contributed by atoms with Crippen LogP contribution in [0.15, 0.2) is 0 Å². The maximum atomic E-state index is 11.6. The number of hydrogen-bond acceptors (Lipinski definition) is 6. The predicted octanol–water partition coefficient (Wildman–Crippen LogP) is -1.91. The monoisotopic (exact) mass is 318 g/mol. The van der Waals surface area contributed by atoms with Crippen molar-refractivity contribution in [3.05, 3.63) is 0 Å². The average Bonchev–Trinajstić information content (AvgIpc) is 2.75. The molecule has 0 spiro atoms. The number of carboxylic acid groups (broad SMARTS) is 2. The minimum Gasteiger partial charge on any atom is -0.479 e. The van der Waals surface area contributed by atoms with Crippen molar-refractivity contribution in [2.45, 2.75) is 44.6 Å². The Labute approximate surface area is 127 Å². The van der Waals surface area contributed by atoms with Crippen LogP contribution in [0.5, 0.6) is 0 Å². The Hall–Kier alpha value is -1.71. The van der Waals surface area contributed by atoms with Crippen LogP contribution in [0.3, 0.4) is 0 Å². The third-order valence-electron chi connectivity index (χ3n) is 3.90. The Morgan fingerprint density at radius 1 is 1.18 bits per heavy atom. The Morgan fingerprint density at radius 3 is 2.09 bits per heavy atom. The van der Waals surface area contributed by atoms with Crippen molar-refractivity contribution in [3.63, 3.8) is 0 Å². The molecule has 2 aliphatic rings. The quantitative estimate of drug-likeness (QED) is 0.405.